The summed E-state index contributed by atoms with van der Waals surface area (Å²) in [6.45, 7) is 1.90. The van der Waals surface area contributed by atoms with Crippen LogP contribution in [0.3, 0.4) is 0 Å². The summed E-state index contributed by atoms with van der Waals surface area (Å²) in [5.74, 6) is -0.202. The van der Waals surface area contributed by atoms with E-state index in [9.17, 15) is 9.59 Å². The largest absolute Gasteiger partial charge is 0.338 e. The fourth-order valence-corrected chi connectivity index (χ4v) is 3.20. The maximum absolute atomic E-state index is 12.6. The van der Waals surface area contributed by atoms with E-state index >= 15 is 0 Å². The van der Waals surface area contributed by atoms with Gasteiger partial charge in [-0.2, -0.15) is 0 Å². The molecule has 2 fully saturated rings. The molecule has 5 nitrogen and oxygen atoms in total. The third-order valence-electron chi connectivity index (χ3n) is 4.25. The van der Waals surface area contributed by atoms with E-state index in [1.165, 1.54) is 0 Å². The Morgan fingerprint density at radius 1 is 1.00 bits per heavy atom. The van der Waals surface area contributed by atoms with E-state index in [-0.39, 0.29) is 11.8 Å². The van der Waals surface area contributed by atoms with Crippen LogP contribution in [-0.2, 0) is 4.79 Å². The number of amides is 2. The fourth-order valence-electron chi connectivity index (χ4n) is 2.64. The molecule has 2 aliphatic rings. The Balaban J connectivity index is 1.66. The first-order valence-corrected chi connectivity index (χ1v) is 7.99. The molecule has 2 amide bonds. The molecule has 7 heteroatoms. The molecule has 118 valence electrons. The molecule has 0 spiro atoms. The highest BCUT2D eigenvalue weighted by atomic mass is 35.5. The van der Waals surface area contributed by atoms with Crippen molar-refractivity contribution in [3.05, 3.63) is 33.8 Å². The average molecular weight is 342 g/mol. The molecule has 3 rings (SSSR count). The molecule has 2 N–H and O–H groups in total. The summed E-state index contributed by atoms with van der Waals surface area (Å²) >= 11 is 12.2. The van der Waals surface area contributed by atoms with Crippen LogP contribution in [0.2, 0.25) is 10.0 Å². The van der Waals surface area contributed by atoms with Gasteiger partial charge in [0.15, 0.2) is 0 Å². The molecule has 1 heterocycles. The smallest absolute Gasteiger partial charge is 0.257 e. The maximum Gasteiger partial charge on any atom is 0.257 e. The zero-order chi connectivity index (χ0) is 15.9. The lowest BCUT2D eigenvalue weighted by Gasteiger charge is -2.36. The first-order chi connectivity index (χ1) is 10.4. The summed E-state index contributed by atoms with van der Waals surface area (Å²) in [7, 11) is 0. The molecule has 22 heavy (non-hydrogen) atoms. The third-order valence-corrected chi connectivity index (χ3v) is 4.88. The van der Waals surface area contributed by atoms with Crippen LogP contribution < -0.4 is 5.73 Å². The molecular formula is C15H17Cl2N3O2. The van der Waals surface area contributed by atoms with Crippen LogP contribution in [0.5, 0.6) is 0 Å². The molecule has 1 saturated heterocycles. The molecule has 1 aliphatic heterocycles. The Kier molecular flexibility index (Phi) is 4.05. The Morgan fingerprint density at radius 3 is 2.00 bits per heavy atom. The fraction of sp³-hybridized carbons (Fsp3) is 0.467. The van der Waals surface area contributed by atoms with Gasteiger partial charge >= 0.3 is 0 Å². The summed E-state index contributed by atoms with van der Waals surface area (Å²) in [5, 5.41) is 0.685. The van der Waals surface area contributed by atoms with Crippen LogP contribution in [0, 0.1) is 0 Å². The van der Waals surface area contributed by atoms with Gasteiger partial charge in [0.2, 0.25) is 5.91 Å². The molecule has 1 aliphatic carbocycles. The molecule has 0 unspecified atom stereocenters. The SMILES string of the molecule is NC1(C(=O)N2CCN(C(=O)c3c(Cl)cccc3Cl)CC2)CC1. The van der Waals surface area contributed by atoms with Crippen LogP contribution >= 0.6 is 23.2 Å². The zero-order valence-corrected chi connectivity index (χ0v) is 13.5. The number of carbonyl (C=O) groups is 2. The summed E-state index contributed by atoms with van der Waals surface area (Å²) in [4.78, 5) is 28.2. The topological polar surface area (TPSA) is 66.6 Å². The van der Waals surface area contributed by atoms with Gasteiger partial charge in [0, 0.05) is 26.2 Å². The van der Waals surface area contributed by atoms with Crippen LogP contribution in [0.25, 0.3) is 0 Å². The minimum absolute atomic E-state index is 0.00428. The number of nitrogens with zero attached hydrogens (tertiary/aromatic N) is 2. The van der Waals surface area contributed by atoms with Gasteiger partial charge in [0.25, 0.3) is 5.91 Å². The first kappa shape index (κ1) is 15.6. The third kappa shape index (κ3) is 2.81. The second-order valence-electron chi connectivity index (χ2n) is 5.84. The van der Waals surface area contributed by atoms with Gasteiger partial charge in [-0.3, -0.25) is 9.59 Å². The Labute approximate surface area is 138 Å². The number of piperazine rings is 1. The van der Waals surface area contributed by atoms with Gasteiger partial charge < -0.3 is 15.5 Å². The predicted octanol–water partition coefficient (Wildman–Crippen LogP) is 1.77. The van der Waals surface area contributed by atoms with E-state index in [0.29, 0.717) is 41.8 Å². The van der Waals surface area contributed by atoms with E-state index in [0.717, 1.165) is 12.8 Å². The van der Waals surface area contributed by atoms with Crippen molar-refractivity contribution >= 4 is 35.0 Å². The molecule has 1 aromatic rings. The van der Waals surface area contributed by atoms with Crippen molar-refractivity contribution in [2.45, 2.75) is 18.4 Å². The normalized spacial score (nSPS) is 20.0. The van der Waals surface area contributed by atoms with Gasteiger partial charge in [-0.15, -0.1) is 0 Å². The lowest BCUT2D eigenvalue weighted by molar-refractivity contribution is -0.135. The van der Waals surface area contributed by atoms with Crippen molar-refractivity contribution in [1.82, 2.24) is 9.80 Å². The predicted molar refractivity (Wildman–Crippen MR) is 85.1 cm³/mol. The number of carbonyl (C=O) groups excluding carboxylic acids is 2. The minimum Gasteiger partial charge on any atom is -0.338 e. The van der Waals surface area contributed by atoms with Crippen molar-refractivity contribution in [1.29, 1.82) is 0 Å². The van der Waals surface area contributed by atoms with Gasteiger partial charge in [-0.05, 0) is 25.0 Å². The number of benzene rings is 1. The van der Waals surface area contributed by atoms with Crippen molar-refractivity contribution in [2.24, 2.45) is 5.73 Å². The minimum atomic E-state index is -0.655. The molecule has 1 saturated carbocycles. The van der Waals surface area contributed by atoms with E-state index in [1.807, 2.05) is 0 Å². The molecule has 1 aromatic carbocycles. The lowest BCUT2D eigenvalue weighted by atomic mass is 10.1. The van der Waals surface area contributed by atoms with E-state index in [2.05, 4.69) is 0 Å². The summed E-state index contributed by atoms with van der Waals surface area (Å²) in [5.41, 5.74) is 5.61. The number of nitrogens with two attached hydrogens (primary N) is 1. The van der Waals surface area contributed by atoms with Crippen molar-refractivity contribution in [3.63, 3.8) is 0 Å². The van der Waals surface area contributed by atoms with E-state index in [4.69, 9.17) is 28.9 Å². The number of hydrogen-bond donors (Lipinski definition) is 1. The molecule has 0 bridgehead atoms. The van der Waals surface area contributed by atoms with Crippen molar-refractivity contribution in [3.8, 4) is 0 Å². The van der Waals surface area contributed by atoms with Gasteiger partial charge in [0.05, 0.1) is 21.1 Å². The second kappa shape index (κ2) is 5.72. The molecular weight excluding hydrogens is 325 g/mol. The highest BCUT2D eigenvalue weighted by Crippen LogP contribution is 2.34. The molecule has 0 radical (unpaired) electrons. The van der Waals surface area contributed by atoms with Crippen molar-refractivity contribution in [2.75, 3.05) is 26.2 Å². The van der Waals surface area contributed by atoms with Gasteiger partial charge in [0.1, 0.15) is 0 Å². The van der Waals surface area contributed by atoms with Crippen LogP contribution in [-0.4, -0.2) is 53.3 Å². The van der Waals surface area contributed by atoms with E-state index < -0.39 is 5.54 Å². The van der Waals surface area contributed by atoms with Gasteiger partial charge in [-0.25, -0.2) is 0 Å². The Hall–Kier alpha value is -1.30. The van der Waals surface area contributed by atoms with Crippen LogP contribution in [0.1, 0.15) is 23.2 Å². The summed E-state index contributed by atoms with van der Waals surface area (Å²) < 4.78 is 0. The highest BCUT2D eigenvalue weighted by molar-refractivity contribution is 6.39. The maximum atomic E-state index is 12.6. The number of hydrogen-bond acceptors (Lipinski definition) is 3. The quantitative estimate of drug-likeness (QED) is 0.891. The summed E-state index contributed by atoms with van der Waals surface area (Å²) in [6.07, 6.45) is 1.50. The zero-order valence-electron chi connectivity index (χ0n) is 12.0. The number of rotatable bonds is 2. The number of halogens is 2. The summed E-state index contributed by atoms with van der Waals surface area (Å²) in [6, 6.07) is 4.99. The standard InChI is InChI=1S/C15H17Cl2N3O2/c16-10-2-1-3-11(17)12(10)13(21)19-6-8-20(9-7-19)14(22)15(18)4-5-15/h1-3H,4-9,18H2. The average Bonchev–Trinajstić information content (AvgIpc) is 3.25. The second-order valence-corrected chi connectivity index (χ2v) is 6.65. The van der Waals surface area contributed by atoms with E-state index in [1.54, 1.807) is 28.0 Å². The molecule has 0 aromatic heterocycles. The first-order valence-electron chi connectivity index (χ1n) is 7.24. The van der Waals surface area contributed by atoms with Gasteiger partial charge in [-0.1, -0.05) is 29.3 Å². The Morgan fingerprint density at radius 2 is 1.50 bits per heavy atom. The Bertz CT molecular complexity index is 603. The molecule has 0 atom stereocenters. The van der Waals surface area contributed by atoms with Crippen LogP contribution in [0.15, 0.2) is 18.2 Å². The lowest BCUT2D eigenvalue weighted by Crippen LogP contribution is -2.55. The monoisotopic (exact) mass is 341 g/mol. The van der Waals surface area contributed by atoms with Crippen molar-refractivity contribution < 1.29 is 9.59 Å². The van der Waals surface area contributed by atoms with Crippen LogP contribution in [0.4, 0.5) is 0 Å². The highest BCUT2D eigenvalue weighted by Gasteiger charge is 2.48.